The molecule has 0 saturated carbocycles. The summed E-state index contributed by atoms with van der Waals surface area (Å²) in [5.41, 5.74) is 0. The number of aryl methyl sites for hydroxylation is 1. The van der Waals surface area contributed by atoms with Crippen molar-refractivity contribution in [1.82, 2.24) is 14.8 Å². The van der Waals surface area contributed by atoms with E-state index in [0.717, 1.165) is 19.4 Å². The fourth-order valence-electron chi connectivity index (χ4n) is 1.84. The molecule has 5 nitrogen and oxygen atoms in total. The molecule has 0 bridgehead atoms. The smallest absolute Gasteiger partial charge is 0.217 e. The molecule has 2 aromatic heterocycles. The van der Waals surface area contributed by atoms with E-state index in [-0.39, 0.29) is 0 Å². The highest BCUT2D eigenvalue weighted by atomic mass is 16.3. The van der Waals surface area contributed by atoms with E-state index in [4.69, 9.17) is 4.42 Å². The van der Waals surface area contributed by atoms with Crippen LogP contribution in [0.4, 0.5) is 0 Å². The summed E-state index contributed by atoms with van der Waals surface area (Å²) in [6, 6.07) is 3.61. The van der Waals surface area contributed by atoms with E-state index in [1.807, 2.05) is 6.07 Å². The lowest BCUT2D eigenvalue weighted by Crippen LogP contribution is -2.16. The third-order valence-electron chi connectivity index (χ3n) is 2.59. The number of furan rings is 1. The predicted molar refractivity (Wildman–Crippen MR) is 51.9 cm³/mol. The van der Waals surface area contributed by atoms with Gasteiger partial charge in [-0.3, -0.25) is 0 Å². The average molecular weight is 205 g/mol. The highest BCUT2D eigenvalue weighted by molar-refractivity contribution is 5.45. The Balaban J connectivity index is 2.06. The van der Waals surface area contributed by atoms with Crippen LogP contribution in [0.3, 0.4) is 0 Å². The van der Waals surface area contributed by atoms with Crippen molar-refractivity contribution in [3.05, 3.63) is 24.2 Å². The summed E-state index contributed by atoms with van der Waals surface area (Å²) < 4.78 is 6.97. The Hall–Kier alpha value is -1.62. The molecule has 0 fully saturated rings. The Kier molecular flexibility index (Phi) is 1.85. The third-order valence-corrected chi connectivity index (χ3v) is 2.59. The minimum atomic E-state index is -0.491. The van der Waals surface area contributed by atoms with Gasteiger partial charge in [0.25, 0.3) is 0 Å². The standard InChI is InChI=1S/C10H11N3O2/c14-7-3-1-5-13-10(7)11-9(12-13)8-4-2-6-15-8/h2,4,6-7,14H,1,3,5H2. The van der Waals surface area contributed by atoms with Crippen LogP contribution in [-0.4, -0.2) is 19.9 Å². The van der Waals surface area contributed by atoms with Crippen LogP contribution in [0, 0.1) is 0 Å². The van der Waals surface area contributed by atoms with Gasteiger partial charge in [-0.1, -0.05) is 0 Å². The molecule has 15 heavy (non-hydrogen) atoms. The summed E-state index contributed by atoms with van der Waals surface area (Å²) in [6.45, 7) is 0.820. The quantitative estimate of drug-likeness (QED) is 0.763. The molecule has 3 heterocycles. The van der Waals surface area contributed by atoms with Crippen LogP contribution in [-0.2, 0) is 6.54 Å². The van der Waals surface area contributed by atoms with Crippen LogP contribution in [0.25, 0.3) is 11.6 Å². The number of hydrogen-bond acceptors (Lipinski definition) is 4. The van der Waals surface area contributed by atoms with Crippen molar-refractivity contribution < 1.29 is 9.52 Å². The monoisotopic (exact) mass is 205 g/mol. The van der Waals surface area contributed by atoms with Crippen molar-refractivity contribution >= 4 is 0 Å². The van der Waals surface area contributed by atoms with Gasteiger partial charge >= 0.3 is 0 Å². The fourth-order valence-corrected chi connectivity index (χ4v) is 1.84. The summed E-state index contributed by atoms with van der Waals surface area (Å²) in [5.74, 6) is 1.84. The number of aromatic nitrogens is 3. The van der Waals surface area contributed by atoms with Gasteiger partial charge in [0.1, 0.15) is 6.10 Å². The molecule has 3 rings (SSSR count). The molecule has 0 radical (unpaired) electrons. The minimum absolute atomic E-state index is 0.491. The Bertz CT molecular complexity index is 461. The summed E-state index contributed by atoms with van der Waals surface area (Å²) >= 11 is 0. The zero-order valence-electron chi connectivity index (χ0n) is 8.13. The molecule has 78 valence electrons. The van der Waals surface area contributed by atoms with Crippen LogP contribution < -0.4 is 0 Å². The topological polar surface area (TPSA) is 64.1 Å². The largest absolute Gasteiger partial charge is 0.461 e. The van der Waals surface area contributed by atoms with Crippen LogP contribution >= 0.6 is 0 Å². The molecule has 0 saturated heterocycles. The van der Waals surface area contributed by atoms with Crippen molar-refractivity contribution in [3.63, 3.8) is 0 Å². The van der Waals surface area contributed by atoms with Crippen LogP contribution in [0.15, 0.2) is 22.8 Å². The Morgan fingerprint density at radius 2 is 2.47 bits per heavy atom. The molecular weight excluding hydrogens is 194 g/mol. The molecule has 5 heteroatoms. The van der Waals surface area contributed by atoms with Crippen LogP contribution in [0.2, 0.25) is 0 Å². The highest BCUT2D eigenvalue weighted by Gasteiger charge is 2.23. The van der Waals surface area contributed by atoms with Crippen molar-refractivity contribution in [3.8, 4) is 11.6 Å². The molecule has 0 aliphatic carbocycles. The van der Waals surface area contributed by atoms with Crippen LogP contribution in [0.5, 0.6) is 0 Å². The lowest BCUT2D eigenvalue weighted by atomic mass is 10.1. The van der Waals surface area contributed by atoms with Crippen LogP contribution in [0.1, 0.15) is 24.8 Å². The van der Waals surface area contributed by atoms with Gasteiger partial charge < -0.3 is 9.52 Å². The van der Waals surface area contributed by atoms with Gasteiger partial charge in [-0.25, -0.2) is 9.67 Å². The number of rotatable bonds is 1. The highest BCUT2D eigenvalue weighted by Crippen LogP contribution is 2.25. The molecule has 1 unspecified atom stereocenters. The van der Waals surface area contributed by atoms with E-state index >= 15 is 0 Å². The number of fused-ring (bicyclic) bond motifs is 1. The number of hydrogen-bond donors (Lipinski definition) is 1. The molecule has 0 aromatic carbocycles. The second-order valence-corrected chi connectivity index (χ2v) is 3.65. The van der Waals surface area contributed by atoms with E-state index in [1.54, 1.807) is 17.0 Å². The lowest BCUT2D eigenvalue weighted by Gasteiger charge is -2.16. The van der Waals surface area contributed by atoms with E-state index in [9.17, 15) is 5.11 Å². The second-order valence-electron chi connectivity index (χ2n) is 3.65. The van der Waals surface area contributed by atoms with E-state index < -0.39 is 6.10 Å². The zero-order valence-corrected chi connectivity index (χ0v) is 8.13. The molecule has 1 atom stereocenters. The number of aliphatic hydroxyl groups is 1. The maximum atomic E-state index is 9.72. The van der Waals surface area contributed by atoms with Crippen molar-refractivity contribution in [1.29, 1.82) is 0 Å². The van der Waals surface area contributed by atoms with Crippen molar-refractivity contribution in [2.45, 2.75) is 25.5 Å². The minimum Gasteiger partial charge on any atom is -0.461 e. The summed E-state index contributed by atoms with van der Waals surface area (Å²) in [7, 11) is 0. The van der Waals surface area contributed by atoms with E-state index in [2.05, 4.69) is 10.1 Å². The normalized spacial score (nSPS) is 20.2. The molecule has 1 aliphatic rings. The average Bonchev–Trinajstić information content (AvgIpc) is 2.86. The lowest BCUT2D eigenvalue weighted by molar-refractivity contribution is 0.130. The Labute approximate surface area is 86.4 Å². The maximum absolute atomic E-state index is 9.72. The van der Waals surface area contributed by atoms with E-state index in [1.165, 1.54) is 0 Å². The van der Waals surface area contributed by atoms with Gasteiger partial charge in [0.15, 0.2) is 11.6 Å². The van der Waals surface area contributed by atoms with Gasteiger partial charge in [-0.15, -0.1) is 5.10 Å². The fraction of sp³-hybridized carbons (Fsp3) is 0.400. The van der Waals surface area contributed by atoms with Gasteiger partial charge in [0.05, 0.1) is 6.26 Å². The van der Waals surface area contributed by atoms with Gasteiger partial charge in [-0.2, -0.15) is 0 Å². The molecule has 1 aliphatic heterocycles. The molecule has 0 spiro atoms. The number of nitrogens with zero attached hydrogens (tertiary/aromatic N) is 3. The SMILES string of the molecule is OC1CCCn2nc(-c3ccco3)nc21. The molecule has 1 N–H and O–H groups in total. The predicted octanol–water partition coefficient (Wildman–Crippen LogP) is 1.37. The first-order valence-corrected chi connectivity index (χ1v) is 5.01. The van der Waals surface area contributed by atoms with Crippen molar-refractivity contribution in [2.24, 2.45) is 0 Å². The first kappa shape index (κ1) is 8.67. The van der Waals surface area contributed by atoms with Crippen molar-refractivity contribution in [2.75, 3.05) is 0 Å². The zero-order chi connectivity index (χ0) is 10.3. The third kappa shape index (κ3) is 1.35. The van der Waals surface area contributed by atoms with E-state index in [0.29, 0.717) is 17.4 Å². The first-order chi connectivity index (χ1) is 7.34. The summed E-state index contributed by atoms with van der Waals surface area (Å²) in [4.78, 5) is 4.28. The first-order valence-electron chi connectivity index (χ1n) is 5.01. The summed E-state index contributed by atoms with van der Waals surface area (Å²) in [6.07, 6.45) is 2.80. The molecular formula is C10H11N3O2. The van der Waals surface area contributed by atoms with Gasteiger partial charge in [0, 0.05) is 6.54 Å². The Morgan fingerprint density at radius 1 is 1.53 bits per heavy atom. The number of aliphatic hydroxyl groups excluding tert-OH is 1. The second kappa shape index (κ2) is 3.20. The summed E-state index contributed by atoms with van der Waals surface area (Å²) in [5, 5.41) is 14.0. The van der Waals surface area contributed by atoms with Gasteiger partial charge in [-0.05, 0) is 25.0 Å². The maximum Gasteiger partial charge on any atom is 0.217 e. The van der Waals surface area contributed by atoms with Gasteiger partial charge in [0.2, 0.25) is 5.82 Å². The Morgan fingerprint density at radius 3 is 3.20 bits per heavy atom. The molecule has 2 aromatic rings. The molecule has 0 amide bonds.